The van der Waals surface area contributed by atoms with E-state index in [2.05, 4.69) is 0 Å². The summed E-state index contributed by atoms with van der Waals surface area (Å²) in [5.74, 6) is 0.665. The highest BCUT2D eigenvalue weighted by atomic mass is 35.5. The Bertz CT molecular complexity index is 445. The molecule has 1 fully saturated rings. The summed E-state index contributed by atoms with van der Waals surface area (Å²) in [6, 6.07) is 5.12. The van der Waals surface area contributed by atoms with Crippen molar-refractivity contribution in [1.82, 2.24) is 4.90 Å². The predicted octanol–water partition coefficient (Wildman–Crippen LogP) is 3.51. The Morgan fingerprint density at radius 1 is 1.28 bits per heavy atom. The highest BCUT2D eigenvalue weighted by Crippen LogP contribution is 2.28. The number of nitrogens with zero attached hydrogens (tertiary/aromatic N) is 1. The van der Waals surface area contributed by atoms with E-state index in [1.165, 1.54) is 4.90 Å². The third kappa shape index (κ3) is 3.21. The quantitative estimate of drug-likeness (QED) is 0.906. The minimum atomic E-state index is -0.872. The van der Waals surface area contributed by atoms with E-state index in [9.17, 15) is 4.79 Å². The predicted molar refractivity (Wildman–Crippen MR) is 69.7 cm³/mol. The van der Waals surface area contributed by atoms with E-state index in [0.717, 1.165) is 0 Å². The first kappa shape index (κ1) is 13.3. The van der Waals surface area contributed by atoms with Gasteiger partial charge in [-0.3, -0.25) is 0 Å². The second-order valence-corrected chi connectivity index (χ2v) is 4.98. The Labute approximate surface area is 115 Å². The van der Waals surface area contributed by atoms with Gasteiger partial charge in [-0.25, -0.2) is 4.79 Å². The van der Waals surface area contributed by atoms with Crippen molar-refractivity contribution in [2.45, 2.75) is 18.9 Å². The number of amides is 1. The first-order valence-electron chi connectivity index (χ1n) is 5.66. The van der Waals surface area contributed by atoms with Crippen LogP contribution in [0.15, 0.2) is 18.2 Å². The zero-order chi connectivity index (χ0) is 13.1. The molecule has 6 heteroatoms. The average molecular weight is 290 g/mol. The molecule has 1 aliphatic heterocycles. The van der Waals surface area contributed by atoms with Gasteiger partial charge in [0.2, 0.25) is 0 Å². The topological polar surface area (TPSA) is 49.8 Å². The van der Waals surface area contributed by atoms with Crippen LogP contribution in [0.3, 0.4) is 0 Å². The normalized spacial score (nSPS) is 16.7. The summed E-state index contributed by atoms with van der Waals surface area (Å²) in [5, 5.41) is 9.78. The molecule has 1 heterocycles. The molecule has 18 heavy (non-hydrogen) atoms. The number of ether oxygens (including phenoxy) is 1. The van der Waals surface area contributed by atoms with Gasteiger partial charge in [0, 0.05) is 32.0 Å². The summed E-state index contributed by atoms with van der Waals surface area (Å²) in [4.78, 5) is 12.2. The van der Waals surface area contributed by atoms with Gasteiger partial charge in [0.15, 0.2) is 0 Å². The molecule has 1 aromatic rings. The number of halogens is 2. The third-order valence-electron chi connectivity index (χ3n) is 2.91. The van der Waals surface area contributed by atoms with Crippen LogP contribution in [0.2, 0.25) is 10.0 Å². The lowest BCUT2D eigenvalue weighted by atomic mass is 10.1. The number of carboxylic acid groups (broad SMARTS) is 1. The van der Waals surface area contributed by atoms with Crippen LogP contribution in [-0.2, 0) is 0 Å². The van der Waals surface area contributed by atoms with Crippen molar-refractivity contribution in [2.24, 2.45) is 0 Å². The van der Waals surface area contributed by atoms with Crippen LogP contribution < -0.4 is 4.74 Å². The van der Waals surface area contributed by atoms with Crippen molar-refractivity contribution < 1.29 is 14.6 Å². The minimum absolute atomic E-state index is 0.0258. The van der Waals surface area contributed by atoms with Crippen LogP contribution in [0.25, 0.3) is 0 Å². The Morgan fingerprint density at radius 2 is 1.94 bits per heavy atom. The van der Waals surface area contributed by atoms with Crippen molar-refractivity contribution in [3.8, 4) is 5.75 Å². The van der Waals surface area contributed by atoms with Gasteiger partial charge in [-0.05, 0) is 12.1 Å². The second-order valence-electron chi connectivity index (χ2n) is 4.16. The highest BCUT2D eigenvalue weighted by Gasteiger charge is 2.23. The zero-order valence-electron chi connectivity index (χ0n) is 9.60. The largest absolute Gasteiger partial charge is 0.490 e. The maximum atomic E-state index is 10.8. The van der Waals surface area contributed by atoms with Crippen LogP contribution >= 0.6 is 23.2 Å². The minimum Gasteiger partial charge on any atom is -0.490 e. The van der Waals surface area contributed by atoms with Crippen LogP contribution in [0.1, 0.15) is 12.8 Å². The van der Waals surface area contributed by atoms with Gasteiger partial charge in [-0.1, -0.05) is 23.2 Å². The Morgan fingerprint density at radius 3 is 2.50 bits per heavy atom. The lowest BCUT2D eigenvalue weighted by Gasteiger charge is -2.30. The number of piperidine rings is 1. The van der Waals surface area contributed by atoms with E-state index in [0.29, 0.717) is 41.7 Å². The van der Waals surface area contributed by atoms with Gasteiger partial charge in [0.1, 0.15) is 11.9 Å². The van der Waals surface area contributed by atoms with E-state index in [1.54, 1.807) is 18.2 Å². The van der Waals surface area contributed by atoms with Gasteiger partial charge >= 0.3 is 6.09 Å². The number of likely N-dealkylation sites (tertiary alicyclic amines) is 1. The van der Waals surface area contributed by atoms with E-state index in [1.807, 2.05) is 0 Å². The summed E-state index contributed by atoms with van der Waals surface area (Å²) in [6.45, 7) is 1.00. The summed E-state index contributed by atoms with van der Waals surface area (Å²) >= 11 is 11.7. The molecule has 0 aliphatic carbocycles. The summed E-state index contributed by atoms with van der Waals surface area (Å²) < 4.78 is 5.76. The molecule has 1 aromatic carbocycles. The number of rotatable bonds is 2. The zero-order valence-corrected chi connectivity index (χ0v) is 11.1. The van der Waals surface area contributed by atoms with Crippen molar-refractivity contribution in [3.05, 3.63) is 28.2 Å². The van der Waals surface area contributed by atoms with Crippen LogP contribution in [0.5, 0.6) is 5.75 Å². The van der Waals surface area contributed by atoms with E-state index < -0.39 is 6.09 Å². The average Bonchev–Trinajstić information content (AvgIpc) is 2.34. The lowest BCUT2D eigenvalue weighted by Crippen LogP contribution is -2.41. The van der Waals surface area contributed by atoms with Crippen LogP contribution in [0, 0.1) is 0 Å². The van der Waals surface area contributed by atoms with Crippen molar-refractivity contribution in [1.29, 1.82) is 0 Å². The maximum absolute atomic E-state index is 10.8. The highest BCUT2D eigenvalue weighted by molar-refractivity contribution is 6.42. The van der Waals surface area contributed by atoms with Crippen molar-refractivity contribution in [2.75, 3.05) is 13.1 Å². The molecule has 1 N–H and O–H groups in total. The Balaban J connectivity index is 1.91. The van der Waals surface area contributed by atoms with Crippen LogP contribution in [0.4, 0.5) is 4.79 Å². The molecule has 0 unspecified atom stereocenters. The van der Waals surface area contributed by atoms with E-state index >= 15 is 0 Å². The molecule has 0 saturated carbocycles. The SMILES string of the molecule is O=C(O)N1CCC(Oc2ccc(Cl)c(Cl)c2)CC1. The second kappa shape index (κ2) is 5.67. The third-order valence-corrected chi connectivity index (χ3v) is 3.65. The molecular formula is C12H13Cl2NO3. The van der Waals surface area contributed by atoms with Gasteiger partial charge in [0.25, 0.3) is 0 Å². The molecule has 0 bridgehead atoms. The van der Waals surface area contributed by atoms with Gasteiger partial charge in [-0.15, -0.1) is 0 Å². The molecule has 4 nitrogen and oxygen atoms in total. The van der Waals surface area contributed by atoms with Gasteiger partial charge in [0.05, 0.1) is 10.0 Å². The van der Waals surface area contributed by atoms with Crippen LogP contribution in [-0.4, -0.2) is 35.3 Å². The number of benzene rings is 1. The Hall–Kier alpha value is -1.13. The molecule has 98 valence electrons. The summed E-state index contributed by atoms with van der Waals surface area (Å²) in [5.41, 5.74) is 0. The number of hydrogen-bond acceptors (Lipinski definition) is 2. The molecule has 0 spiro atoms. The van der Waals surface area contributed by atoms with E-state index in [-0.39, 0.29) is 6.10 Å². The Kier molecular flexibility index (Phi) is 4.19. The first-order chi connectivity index (χ1) is 8.56. The molecule has 2 rings (SSSR count). The van der Waals surface area contributed by atoms with E-state index in [4.69, 9.17) is 33.0 Å². The van der Waals surface area contributed by atoms with Gasteiger partial charge in [-0.2, -0.15) is 0 Å². The van der Waals surface area contributed by atoms with Gasteiger partial charge < -0.3 is 14.7 Å². The standard InChI is InChI=1S/C12H13Cl2NO3/c13-10-2-1-9(7-11(10)14)18-8-3-5-15(6-4-8)12(16)17/h1-2,7-8H,3-6H2,(H,16,17). The number of hydrogen-bond donors (Lipinski definition) is 1. The smallest absolute Gasteiger partial charge is 0.407 e. The lowest BCUT2D eigenvalue weighted by molar-refractivity contribution is 0.0895. The fourth-order valence-electron chi connectivity index (χ4n) is 1.91. The molecular weight excluding hydrogens is 277 g/mol. The molecule has 1 amide bonds. The van der Waals surface area contributed by atoms with Crippen molar-refractivity contribution >= 4 is 29.3 Å². The van der Waals surface area contributed by atoms with Crippen molar-refractivity contribution in [3.63, 3.8) is 0 Å². The molecule has 1 aliphatic rings. The fraction of sp³-hybridized carbons (Fsp3) is 0.417. The first-order valence-corrected chi connectivity index (χ1v) is 6.41. The molecule has 0 atom stereocenters. The monoisotopic (exact) mass is 289 g/mol. The molecule has 0 radical (unpaired) electrons. The molecule has 0 aromatic heterocycles. The fourth-order valence-corrected chi connectivity index (χ4v) is 2.20. The molecule has 1 saturated heterocycles. The number of carbonyl (C=O) groups is 1. The summed E-state index contributed by atoms with van der Waals surface area (Å²) in [6.07, 6.45) is 0.528. The summed E-state index contributed by atoms with van der Waals surface area (Å²) in [7, 11) is 0. The maximum Gasteiger partial charge on any atom is 0.407 e.